The molecule has 0 aromatic heterocycles. The van der Waals surface area contributed by atoms with Gasteiger partial charge in [-0.25, -0.2) is 18.0 Å². The molecule has 1 aliphatic heterocycles. The van der Waals surface area contributed by atoms with E-state index in [9.17, 15) is 9.59 Å². The minimum absolute atomic E-state index is 0.374. The normalized spacial score (nSPS) is 11.7. The van der Waals surface area contributed by atoms with Crippen molar-refractivity contribution in [3.8, 4) is 11.5 Å². The van der Waals surface area contributed by atoms with E-state index < -0.39 is 31.6 Å². The molecule has 27 heavy (non-hydrogen) atoms. The van der Waals surface area contributed by atoms with Gasteiger partial charge in [0, 0.05) is 12.1 Å². The molecule has 0 saturated carbocycles. The molecule has 1 N–H and O–H groups in total. The zero-order valence-corrected chi connectivity index (χ0v) is 16.9. The van der Waals surface area contributed by atoms with E-state index in [4.69, 9.17) is 31.7 Å². The van der Waals surface area contributed by atoms with E-state index >= 15 is 0 Å². The molecule has 0 spiro atoms. The fraction of sp³-hybridized carbons (Fsp3) is 0.125. The van der Waals surface area contributed by atoms with E-state index in [2.05, 4.69) is 0 Å². The number of carbonyl (C=O) groups excluding carboxylic acids is 2. The van der Waals surface area contributed by atoms with Gasteiger partial charge in [0.1, 0.15) is 0 Å². The zero-order valence-electron chi connectivity index (χ0n) is 14.0. The first-order valence-corrected chi connectivity index (χ1v) is 10.6. The Morgan fingerprint density at radius 1 is 0.963 bits per heavy atom. The van der Waals surface area contributed by atoms with Gasteiger partial charge in [0.05, 0.1) is 25.3 Å². The predicted molar refractivity (Wildman–Crippen MR) is 85.4 cm³/mol. The fourth-order valence-corrected chi connectivity index (χ4v) is 4.75. The number of esters is 2. The Bertz CT molecular complexity index is 914. The summed E-state index contributed by atoms with van der Waals surface area (Å²) in [6.45, 7) is 0. The van der Waals surface area contributed by atoms with Crippen LogP contribution in [-0.2, 0) is 19.9 Å². The van der Waals surface area contributed by atoms with Crippen molar-refractivity contribution in [1.29, 1.82) is 0 Å². The van der Waals surface area contributed by atoms with Gasteiger partial charge in [-0.2, -0.15) is 0 Å². The summed E-state index contributed by atoms with van der Waals surface area (Å²) in [5.74, 6) is 0.749. The maximum atomic E-state index is 11.6. The predicted octanol–water partition coefficient (Wildman–Crippen LogP) is -1.50. The average molecular weight is 508 g/mol. The Morgan fingerprint density at radius 2 is 1.33 bits per heavy atom. The number of benzene rings is 2. The minimum Gasteiger partial charge on any atom is -0.726 e. The molecule has 3 rings (SSSR count). The van der Waals surface area contributed by atoms with Crippen molar-refractivity contribution in [2.24, 2.45) is 0 Å². The Balaban J connectivity index is 0.000000465. The number of halogens is 1. The van der Waals surface area contributed by atoms with Crippen molar-refractivity contribution < 1.29 is 62.5 Å². The maximum Gasteiger partial charge on any atom is 0.366 e. The SMILES string of the molecule is COC(=O)c1ccc2c(c1)[I+]c1cc(C(=O)OC)ccc1O2.O=S(=O)([O-])O. The van der Waals surface area contributed by atoms with Crippen LogP contribution < -0.4 is 25.9 Å². The summed E-state index contributed by atoms with van der Waals surface area (Å²) in [6.07, 6.45) is 0. The monoisotopic (exact) mass is 508 g/mol. The van der Waals surface area contributed by atoms with Gasteiger partial charge in [0.25, 0.3) is 0 Å². The van der Waals surface area contributed by atoms with E-state index in [0.717, 1.165) is 18.6 Å². The summed E-state index contributed by atoms with van der Waals surface area (Å²) in [5.41, 5.74) is 0.995. The number of methoxy groups -OCH3 is 2. The molecule has 0 saturated heterocycles. The van der Waals surface area contributed by atoms with Crippen LogP contribution in [0, 0.1) is 7.14 Å². The minimum atomic E-state index is -4.92. The number of ether oxygens (including phenoxy) is 3. The Hall–Kier alpha value is -2.22. The van der Waals surface area contributed by atoms with Crippen molar-refractivity contribution in [2.75, 3.05) is 14.2 Å². The summed E-state index contributed by atoms with van der Waals surface area (Å²) in [7, 11) is -2.21. The lowest BCUT2D eigenvalue weighted by molar-refractivity contribution is -0.602. The first-order chi connectivity index (χ1) is 12.6. The molecular formula is C16H13IO9S. The molecule has 0 unspecified atom stereocenters. The van der Waals surface area contributed by atoms with Crippen LogP contribution in [0.2, 0.25) is 0 Å². The van der Waals surface area contributed by atoms with Gasteiger partial charge in [-0.3, -0.25) is 4.55 Å². The van der Waals surface area contributed by atoms with E-state index in [0.29, 0.717) is 11.1 Å². The molecule has 0 bridgehead atoms. The Labute approximate surface area is 165 Å². The number of carbonyl (C=O) groups is 2. The van der Waals surface area contributed by atoms with Gasteiger partial charge in [-0.15, -0.1) is 0 Å². The lowest BCUT2D eigenvalue weighted by Gasteiger charge is -2.12. The second-order valence-corrected chi connectivity index (χ2v) is 8.62. The second kappa shape index (κ2) is 8.65. The van der Waals surface area contributed by atoms with Crippen molar-refractivity contribution in [3.05, 3.63) is 54.7 Å². The van der Waals surface area contributed by atoms with E-state index in [1.165, 1.54) is 14.2 Å². The summed E-state index contributed by atoms with van der Waals surface area (Å²) in [6, 6.07) is 10.5. The highest BCUT2D eigenvalue weighted by atomic mass is 127. The quantitative estimate of drug-likeness (QED) is 0.190. The first kappa shape index (κ1) is 21.1. The number of hydrogen-bond donors (Lipinski definition) is 1. The van der Waals surface area contributed by atoms with E-state index in [-0.39, 0.29) is 11.9 Å². The molecule has 1 heterocycles. The van der Waals surface area contributed by atoms with Crippen molar-refractivity contribution in [3.63, 3.8) is 0 Å². The van der Waals surface area contributed by atoms with Crippen LogP contribution in [0.3, 0.4) is 0 Å². The van der Waals surface area contributed by atoms with Gasteiger partial charge in [-0.1, -0.05) is 0 Å². The number of hydrogen-bond acceptors (Lipinski definition) is 8. The van der Waals surface area contributed by atoms with Crippen LogP contribution in [0.4, 0.5) is 0 Å². The molecule has 2 aromatic rings. The largest absolute Gasteiger partial charge is 0.726 e. The Kier molecular flexibility index (Phi) is 6.75. The lowest BCUT2D eigenvalue weighted by atomic mass is 10.2. The zero-order chi connectivity index (χ0) is 20.2. The summed E-state index contributed by atoms with van der Waals surface area (Å²) in [5, 5.41) is 0. The highest BCUT2D eigenvalue weighted by Gasteiger charge is 2.33. The number of rotatable bonds is 2. The van der Waals surface area contributed by atoms with Crippen molar-refractivity contribution in [2.45, 2.75) is 0 Å². The molecule has 0 amide bonds. The maximum absolute atomic E-state index is 11.6. The third-order valence-electron chi connectivity index (χ3n) is 3.13. The van der Waals surface area contributed by atoms with E-state index in [1.807, 2.05) is 0 Å². The lowest BCUT2D eigenvalue weighted by Crippen LogP contribution is -3.62. The third-order valence-corrected chi connectivity index (χ3v) is 5.98. The molecule has 0 fully saturated rings. The molecule has 0 atom stereocenters. The topological polar surface area (TPSA) is 139 Å². The first-order valence-electron chi connectivity index (χ1n) is 7.08. The number of fused-ring (bicyclic) bond motifs is 2. The van der Waals surface area contributed by atoms with Crippen LogP contribution in [0.1, 0.15) is 20.7 Å². The van der Waals surface area contributed by atoms with Gasteiger partial charge in [0.15, 0.2) is 11.5 Å². The molecule has 0 radical (unpaired) electrons. The van der Waals surface area contributed by atoms with Gasteiger partial charge in [-0.05, 0) is 24.3 Å². The third kappa shape index (κ3) is 5.89. The van der Waals surface area contributed by atoms with Crippen LogP contribution >= 0.6 is 0 Å². The molecule has 0 aliphatic carbocycles. The van der Waals surface area contributed by atoms with Gasteiger partial charge < -0.3 is 18.8 Å². The van der Waals surface area contributed by atoms with Crippen LogP contribution in [0.25, 0.3) is 0 Å². The summed E-state index contributed by atoms with van der Waals surface area (Å²) >= 11 is -0.561. The highest BCUT2D eigenvalue weighted by Crippen LogP contribution is 2.25. The standard InChI is InChI=1S/C16H12IO5.H2O4S/c1-20-15(18)9-3-5-13-11(7-9)17-12-8-10(16(19)21-2)4-6-14(12)22-13;1-5(2,3)4/h3-8H,1-2H3;(H2,1,2,3,4)/q+1;/p-1. The molecule has 2 aromatic carbocycles. The summed E-state index contributed by atoms with van der Waals surface area (Å²) in [4.78, 5) is 23.2. The Morgan fingerprint density at radius 3 is 1.67 bits per heavy atom. The van der Waals surface area contributed by atoms with Gasteiger partial charge in [0.2, 0.25) is 17.5 Å². The van der Waals surface area contributed by atoms with Gasteiger partial charge >= 0.3 is 33.1 Å². The average Bonchev–Trinajstić information content (AvgIpc) is 2.62. The molecule has 9 nitrogen and oxygen atoms in total. The van der Waals surface area contributed by atoms with E-state index in [1.54, 1.807) is 36.4 Å². The van der Waals surface area contributed by atoms with Crippen molar-refractivity contribution in [1.82, 2.24) is 0 Å². The molecule has 11 heteroatoms. The molecule has 1 aliphatic rings. The van der Waals surface area contributed by atoms with Crippen LogP contribution in [0.5, 0.6) is 11.5 Å². The second-order valence-electron chi connectivity index (χ2n) is 4.90. The van der Waals surface area contributed by atoms with Crippen LogP contribution in [-0.4, -0.2) is 43.7 Å². The fourth-order valence-electron chi connectivity index (χ4n) is 2.03. The van der Waals surface area contributed by atoms with Crippen molar-refractivity contribution >= 4 is 22.3 Å². The molecular weight excluding hydrogens is 495 g/mol. The molecule has 144 valence electrons. The van der Waals surface area contributed by atoms with Crippen LogP contribution in [0.15, 0.2) is 36.4 Å². The summed E-state index contributed by atoms with van der Waals surface area (Å²) < 4.78 is 50.1. The highest BCUT2D eigenvalue weighted by molar-refractivity contribution is 7.79. The smallest absolute Gasteiger partial charge is 0.366 e.